The second kappa shape index (κ2) is 8.14. The molecule has 0 saturated carbocycles. The molecular weight excluding hydrogens is 398 g/mol. The van der Waals surface area contributed by atoms with Gasteiger partial charge < -0.3 is 5.32 Å². The lowest BCUT2D eigenvalue weighted by atomic mass is 10.0. The summed E-state index contributed by atoms with van der Waals surface area (Å²) in [6.45, 7) is 3.72. The predicted octanol–water partition coefficient (Wildman–Crippen LogP) is 4.97. The Morgan fingerprint density at radius 1 is 0.839 bits per heavy atom. The van der Waals surface area contributed by atoms with Crippen molar-refractivity contribution in [2.45, 2.75) is 20.4 Å². The third kappa shape index (κ3) is 3.97. The fourth-order valence-electron chi connectivity index (χ4n) is 3.48. The Morgan fingerprint density at radius 3 is 2.23 bits per heavy atom. The SMILES string of the molecule is Cc1ccc(NC2=C(c3ccc(F)cc3)C(=O)N(Cc3ccccc3F)C2=O)cc1C. The Bertz CT molecular complexity index is 1220. The first-order valence-corrected chi connectivity index (χ1v) is 9.79. The molecule has 1 N–H and O–H groups in total. The predicted molar refractivity (Wildman–Crippen MR) is 115 cm³/mol. The van der Waals surface area contributed by atoms with Gasteiger partial charge in [-0.2, -0.15) is 0 Å². The monoisotopic (exact) mass is 418 g/mol. The fraction of sp³-hybridized carbons (Fsp3) is 0.120. The second-order valence-electron chi connectivity index (χ2n) is 7.47. The zero-order valence-electron chi connectivity index (χ0n) is 17.1. The summed E-state index contributed by atoms with van der Waals surface area (Å²) < 4.78 is 27.6. The zero-order chi connectivity index (χ0) is 22.1. The summed E-state index contributed by atoms with van der Waals surface area (Å²) in [7, 11) is 0. The van der Waals surface area contributed by atoms with Crippen LogP contribution in [0.15, 0.2) is 72.4 Å². The van der Waals surface area contributed by atoms with Crippen LogP contribution in [0.4, 0.5) is 14.5 Å². The van der Waals surface area contributed by atoms with Gasteiger partial charge in [-0.25, -0.2) is 8.78 Å². The number of benzene rings is 3. The summed E-state index contributed by atoms with van der Waals surface area (Å²) >= 11 is 0. The number of anilines is 1. The van der Waals surface area contributed by atoms with Gasteiger partial charge in [0.1, 0.15) is 17.3 Å². The Hall–Kier alpha value is -3.80. The Morgan fingerprint density at radius 2 is 1.55 bits per heavy atom. The molecule has 0 unspecified atom stereocenters. The summed E-state index contributed by atoms with van der Waals surface area (Å²) in [6, 6.07) is 17.0. The number of carbonyl (C=O) groups excluding carboxylic acids is 2. The topological polar surface area (TPSA) is 49.4 Å². The van der Waals surface area contributed by atoms with Gasteiger partial charge in [0.15, 0.2) is 0 Å². The highest BCUT2D eigenvalue weighted by Crippen LogP contribution is 2.32. The molecule has 3 aromatic rings. The van der Waals surface area contributed by atoms with Crippen molar-refractivity contribution in [1.82, 2.24) is 4.90 Å². The lowest BCUT2D eigenvalue weighted by Crippen LogP contribution is -2.32. The molecule has 0 aliphatic carbocycles. The van der Waals surface area contributed by atoms with Crippen LogP contribution in [0.1, 0.15) is 22.3 Å². The molecule has 0 bridgehead atoms. The Balaban J connectivity index is 1.76. The van der Waals surface area contributed by atoms with Gasteiger partial charge in [-0.05, 0) is 60.9 Å². The maximum Gasteiger partial charge on any atom is 0.278 e. The van der Waals surface area contributed by atoms with Crippen molar-refractivity contribution in [2.24, 2.45) is 0 Å². The van der Waals surface area contributed by atoms with E-state index in [1.165, 1.54) is 36.4 Å². The molecule has 3 aromatic carbocycles. The first kappa shape index (κ1) is 20.5. The van der Waals surface area contributed by atoms with Crippen LogP contribution < -0.4 is 5.32 Å². The molecule has 1 aliphatic heterocycles. The van der Waals surface area contributed by atoms with Crippen LogP contribution in [0.5, 0.6) is 0 Å². The minimum atomic E-state index is -0.564. The van der Waals surface area contributed by atoms with Gasteiger partial charge in [0, 0.05) is 11.3 Å². The maximum atomic E-state index is 14.2. The molecule has 6 heteroatoms. The van der Waals surface area contributed by atoms with Crippen LogP contribution in [0.3, 0.4) is 0 Å². The number of aryl methyl sites for hydroxylation is 2. The largest absolute Gasteiger partial charge is 0.350 e. The van der Waals surface area contributed by atoms with Crippen molar-refractivity contribution < 1.29 is 18.4 Å². The van der Waals surface area contributed by atoms with Gasteiger partial charge in [-0.15, -0.1) is 0 Å². The molecule has 4 nitrogen and oxygen atoms in total. The molecule has 1 heterocycles. The molecule has 0 spiro atoms. The number of amides is 2. The average molecular weight is 418 g/mol. The number of imide groups is 1. The normalized spacial score (nSPS) is 13.9. The molecule has 31 heavy (non-hydrogen) atoms. The summed E-state index contributed by atoms with van der Waals surface area (Å²) in [4.78, 5) is 27.5. The number of halogens is 2. The highest BCUT2D eigenvalue weighted by Gasteiger charge is 2.39. The van der Waals surface area contributed by atoms with E-state index in [9.17, 15) is 18.4 Å². The molecule has 0 saturated heterocycles. The van der Waals surface area contributed by atoms with Gasteiger partial charge in [0.25, 0.3) is 11.8 Å². The van der Waals surface area contributed by atoms with E-state index in [0.29, 0.717) is 11.3 Å². The summed E-state index contributed by atoms with van der Waals surface area (Å²) in [5, 5.41) is 3.06. The number of hydrogen-bond acceptors (Lipinski definition) is 3. The number of carbonyl (C=O) groups is 2. The molecule has 2 amide bonds. The third-order valence-electron chi connectivity index (χ3n) is 5.36. The Labute approximate surface area is 178 Å². The molecule has 0 aromatic heterocycles. The van der Waals surface area contributed by atoms with Crippen molar-refractivity contribution in [3.63, 3.8) is 0 Å². The number of nitrogens with zero attached hydrogens (tertiary/aromatic N) is 1. The molecule has 0 radical (unpaired) electrons. The fourth-order valence-corrected chi connectivity index (χ4v) is 3.48. The minimum absolute atomic E-state index is 0.0798. The van der Waals surface area contributed by atoms with Crippen molar-refractivity contribution in [3.8, 4) is 0 Å². The quantitative estimate of drug-likeness (QED) is 0.595. The van der Waals surface area contributed by atoms with Gasteiger partial charge in [-0.3, -0.25) is 14.5 Å². The Kier molecular flexibility index (Phi) is 5.38. The van der Waals surface area contributed by atoms with E-state index in [-0.39, 0.29) is 23.4 Å². The lowest BCUT2D eigenvalue weighted by molar-refractivity contribution is -0.137. The lowest BCUT2D eigenvalue weighted by Gasteiger charge is -2.16. The van der Waals surface area contributed by atoms with Crippen LogP contribution in [0.2, 0.25) is 0 Å². The first-order valence-electron chi connectivity index (χ1n) is 9.79. The van der Waals surface area contributed by atoms with E-state index in [1.54, 1.807) is 12.1 Å². The van der Waals surface area contributed by atoms with E-state index >= 15 is 0 Å². The van der Waals surface area contributed by atoms with E-state index in [1.807, 2.05) is 32.0 Å². The van der Waals surface area contributed by atoms with Crippen LogP contribution in [-0.2, 0) is 16.1 Å². The maximum absolute atomic E-state index is 14.2. The van der Waals surface area contributed by atoms with Crippen LogP contribution in [0, 0.1) is 25.5 Å². The number of nitrogens with one attached hydrogen (secondary N) is 1. The average Bonchev–Trinajstić information content (AvgIpc) is 2.97. The molecule has 0 fully saturated rings. The van der Waals surface area contributed by atoms with Crippen molar-refractivity contribution in [1.29, 1.82) is 0 Å². The molecule has 156 valence electrons. The van der Waals surface area contributed by atoms with Crippen molar-refractivity contribution >= 4 is 23.1 Å². The van der Waals surface area contributed by atoms with Crippen molar-refractivity contribution in [3.05, 3.63) is 106 Å². The molecule has 1 aliphatic rings. The zero-order valence-corrected chi connectivity index (χ0v) is 17.1. The number of rotatable bonds is 5. The summed E-state index contributed by atoms with van der Waals surface area (Å²) in [5.74, 6) is -2.08. The second-order valence-corrected chi connectivity index (χ2v) is 7.47. The molecule has 4 rings (SSSR count). The van der Waals surface area contributed by atoms with Gasteiger partial charge >= 0.3 is 0 Å². The van der Waals surface area contributed by atoms with Crippen LogP contribution >= 0.6 is 0 Å². The summed E-state index contributed by atoms with van der Waals surface area (Å²) in [6.07, 6.45) is 0. The highest BCUT2D eigenvalue weighted by molar-refractivity contribution is 6.36. The van der Waals surface area contributed by atoms with Gasteiger partial charge in [-0.1, -0.05) is 36.4 Å². The van der Waals surface area contributed by atoms with Crippen LogP contribution in [-0.4, -0.2) is 16.7 Å². The molecular formula is C25H20F2N2O2. The first-order chi connectivity index (χ1) is 14.8. The minimum Gasteiger partial charge on any atom is -0.350 e. The van der Waals surface area contributed by atoms with Crippen molar-refractivity contribution in [2.75, 3.05) is 5.32 Å². The van der Waals surface area contributed by atoms with E-state index in [0.717, 1.165) is 16.0 Å². The van der Waals surface area contributed by atoms with Gasteiger partial charge in [0.2, 0.25) is 0 Å². The van der Waals surface area contributed by atoms with E-state index in [2.05, 4.69) is 5.32 Å². The number of hydrogen-bond donors (Lipinski definition) is 1. The summed E-state index contributed by atoms with van der Waals surface area (Å²) in [5.41, 5.74) is 3.60. The van der Waals surface area contributed by atoms with Crippen LogP contribution in [0.25, 0.3) is 5.57 Å². The van der Waals surface area contributed by atoms with E-state index in [4.69, 9.17) is 0 Å². The third-order valence-corrected chi connectivity index (χ3v) is 5.36. The molecule has 0 atom stereocenters. The van der Waals surface area contributed by atoms with Gasteiger partial charge in [0.05, 0.1) is 12.1 Å². The highest BCUT2D eigenvalue weighted by atomic mass is 19.1. The standard InChI is InChI=1S/C25H20F2N2O2/c1-15-7-12-20(13-16(15)2)28-23-22(17-8-10-19(26)11-9-17)24(30)29(25(23)31)14-18-5-3-4-6-21(18)27/h3-13,28H,14H2,1-2H3. The van der Waals surface area contributed by atoms with E-state index < -0.39 is 23.4 Å². The smallest absolute Gasteiger partial charge is 0.278 e.